The van der Waals surface area contributed by atoms with Crippen LogP contribution in [-0.4, -0.2) is 51.0 Å². The van der Waals surface area contributed by atoms with Crippen LogP contribution in [0, 0.1) is 0 Å². The molecular weight excluding hydrogens is 458 g/mol. The van der Waals surface area contributed by atoms with Crippen LogP contribution in [0.3, 0.4) is 0 Å². The average Bonchev–Trinajstić information content (AvgIpc) is 3.50. The topological polar surface area (TPSA) is 93.9 Å². The van der Waals surface area contributed by atoms with Gasteiger partial charge in [0.05, 0.1) is 24.5 Å². The lowest BCUT2D eigenvalue weighted by Crippen LogP contribution is -2.31. The molecular formula is C28H29N3O5. The fourth-order valence-corrected chi connectivity index (χ4v) is 4.23. The van der Waals surface area contributed by atoms with Crippen LogP contribution in [-0.2, 0) is 16.1 Å². The molecule has 1 amide bonds. The number of aliphatic hydroxyl groups excluding tert-OH is 1. The van der Waals surface area contributed by atoms with E-state index in [1.54, 1.807) is 55.0 Å². The normalized spacial score (nSPS) is 16.8. The molecule has 1 fully saturated rings. The van der Waals surface area contributed by atoms with E-state index in [1.165, 1.54) is 4.90 Å². The maximum Gasteiger partial charge on any atom is 0.295 e. The van der Waals surface area contributed by atoms with Crippen LogP contribution in [0.2, 0.25) is 0 Å². The third-order valence-corrected chi connectivity index (χ3v) is 5.92. The third kappa shape index (κ3) is 5.33. The number of ketones is 1. The summed E-state index contributed by atoms with van der Waals surface area (Å²) in [4.78, 5) is 31.9. The number of hydrogen-bond acceptors (Lipinski definition) is 6. The van der Waals surface area contributed by atoms with Gasteiger partial charge in [-0.05, 0) is 55.3 Å². The van der Waals surface area contributed by atoms with E-state index in [-0.39, 0.29) is 11.3 Å². The number of imidazole rings is 1. The summed E-state index contributed by atoms with van der Waals surface area (Å²) in [6, 6.07) is 13.2. The highest BCUT2D eigenvalue weighted by Crippen LogP contribution is 2.40. The van der Waals surface area contributed by atoms with Crippen molar-refractivity contribution in [3.63, 3.8) is 0 Å². The molecule has 0 radical (unpaired) electrons. The van der Waals surface area contributed by atoms with Crippen molar-refractivity contribution >= 4 is 17.4 Å². The molecule has 1 aromatic heterocycles. The predicted octanol–water partition coefficient (Wildman–Crippen LogP) is 4.36. The summed E-state index contributed by atoms with van der Waals surface area (Å²) in [6.45, 7) is 7.39. The van der Waals surface area contributed by atoms with Gasteiger partial charge in [-0.15, -0.1) is 0 Å². The molecule has 1 N–H and O–H groups in total. The number of ether oxygens (including phenoxy) is 2. The van der Waals surface area contributed by atoms with E-state index in [0.29, 0.717) is 55.4 Å². The van der Waals surface area contributed by atoms with Gasteiger partial charge >= 0.3 is 0 Å². The summed E-state index contributed by atoms with van der Waals surface area (Å²) in [5.41, 5.74) is 1.20. The molecule has 2 aromatic carbocycles. The second-order valence-corrected chi connectivity index (χ2v) is 8.27. The maximum atomic E-state index is 13.2. The van der Waals surface area contributed by atoms with Gasteiger partial charge in [-0.3, -0.25) is 9.59 Å². The Hall–Kier alpha value is -4.33. The summed E-state index contributed by atoms with van der Waals surface area (Å²) in [7, 11) is 0. The van der Waals surface area contributed by atoms with E-state index in [1.807, 2.05) is 29.8 Å². The lowest BCUT2D eigenvalue weighted by molar-refractivity contribution is -0.139. The quantitative estimate of drug-likeness (QED) is 0.187. The Morgan fingerprint density at radius 2 is 1.75 bits per heavy atom. The van der Waals surface area contributed by atoms with Crippen molar-refractivity contribution in [1.29, 1.82) is 0 Å². The Bertz CT molecular complexity index is 1230. The number of rotatable bonds is 11. The number of aryl methyl sites for hydroxylation is 1. The molecule has 4 rings (SSSR count). The fraction of sp³-hybridized carbons (Fsp3) is 0.250. The smallest absolute Gasteiger partial charge is 0.295 e. The van der Waals surface area contributed by atoms with Gasteiger partial charge in [0.1, 0.15) is 23.9 Å². The van der Waals surface area contributed by atoms with Crippen molar-refractivity contribution in [3.05, 3.63) is 96.6 Å². The van der Waals surface area contributed by atoms with E-state index in [9.17, 15) is 14.7 Å². The second kappa shape index (κ2) is 11.4. The largest absolute Gasteiger partial charge is 0.507 e. The first-order valence-corrected chi connectivity index (χ1v) is 11.8. The minimum Gasteiger partial charge on any atom is -0.507 e. The second-order valence-electron chi connectivity index (χ2n) is 8.27. The van der Waals surface area contributed by atoms with Gasteiger partial charge in [0.2, 0.25) is 0 Å². The molecule has 0 spiro atoms. The molecule has 8 nitrogen and oxygen atoms in total. The highest BCUT2D eigenvalue weighted by atomic mass is 16.5. The molecule has 1 aliphatic rings. The van der Waals surface area contributed by atoms with E-state index in [0.717, 1.165) is 0 Å². The van der Waals surface area contributed by atoms with Crippen LogP contribution < -0.4 is 9.47 Å². The third-order valence-electron chi connectivity index (χ3n) is 5.92. The molecule has 8 heteroatoms. The number of carbonyl (C=O) groups is 2. The molecule has 0 aliphatic carbocycles. The van der Waals surface area contributed by atoms with Crippen molar-refractivity contribution in [2.75, 3.05) is 19.8 Å². The Balaban J connectivity index is 1.69. The van der Waals surface area contributed by atoms with E-state index >= 15 is 0 Å². The number of amides is 1. The lowest BCUT2D eigenvalue weighted by atomic mass is 9.95. The molecule has 3 aromatic rings. The first kappa shape index (κ1) is 24.8. The zero-order valence-electron chi connectivity index (χ0n) is 20.2. The number of likely N-dealkylation sites (tertiary alicyclic amines) is 1. The summed E-state index contributed by atoms with van der Waals surface area (Å²) < 4.78 is 13.0. The van der Waals surface area contributed by atoms with Crippen LogP contribution >= 0.6 is 0 Å². The number of carbonyl (C=O) groups excluding carboxylic acids is 2. The van der Waals surface area contributed by atoms with Crippen molar-refractivity contribution in [3.8, 4) is 11.5 Å². The van der Waals surface area contributed by atoms with Crippen molar-refractivity contribution in [2.24, 2.45) is 0 Å². The molecule has 1 aliphatic heterocycles. The predicted molar refractivity (Wildman–Crippen MR) is 136 cm³/mol. The number of aliphatic hydroxyl groups is 1. The van der Waals surface area contributed by atoms with Gasteiger partial charge in [-0.1, -0.05) is 24.8 Å². The minimum atomic E-state index is -0.729. The molecule has 1 atom stereocenters. The SMILES string of the molecule is C=CCOc1ccc(C2C(=C(O)c3ccc(OCC)cc3)C(=O)C(=O)N2CCCn2ccnc2)cc1. The standard InChI is InChI=1S/C28H29N3O5/c1-3-18-36-23-10-6-20(7-11-23)25-24(26(32)21-8-12-22(13-9-21)35-4-2)27(33)28(34)31(25)16-5-15-30-17-14-29-19-30/h3,6-14,17,19,25,32H,1,4-5,15-16,18H2,2H3. The number of hydrogen-bond donors (Lipinski definition) is 1. The van der Waals surface area contributed by atoms with Gasteiger partial charge in [-0.2, -0.15) is 0 Å². The molecule has 1 unspecified atom stereocenters. The molecule has 36 heavy (non-hydrogen) atoms. The molecule has 0 saturated carbocycles. The monoisotopic (exact) mass is 487 g/mol. The van der Waals surface area contributed by atoms with Gasteiger partial charge in [0.15, 0.2) is 0 Å². The molecule has 1 saturated heterocycles. The van der Waals surface area contributed by atoms with E-state index in [2.05, 4.69) is 11.6 Å². The average molecular weight is 488 g/mol. The first-order chi connectivity index (χ1) is 17.5. The zero-order valence-corrected chi connectivity index (χ0v) is 20.2. The molecule has 2 heterocycles. The number of Topliss-reactive ketones (excluding diaryl/α,β-unsaturated/α-hetero) is 1. The van der Waals surface area contributed by atoms with Crippen molar-refractivity contribution < 1.29 is 24.2 Å². The first-order valence-electron chi connectivity index (χ1n) is 11.8. The summed E-state index contributed by atoms with van der Waals surface area (Å²) in [5, 5.41) is 11.2. The van der Waals surface area contributed by atoms with Crippen LogP contribution in [0.25, 0.3) is 5.76 Å². The van der Waals surface area contributed by atoms with E-state index in [4.69, 9.17) is 9.47 Å². The lowest BCUT2D eigenvalue weighted by Gasteiger charge is -2.25. The zero-order chi connectivity index (χ0) is 25.5. The van der Waals surface area contributed by atoms with Crippen molar-refractivity contribution in [1.82, 2.24) is 14.5 Å². The summed E-state index contributed by atoms with van der Waals surface area (Å²) >= 11 is 0. The Morgan fingerprint density at radius 1 is 1.06 bits per heavy atom. The fourth-order valence-electron chi connectivity index (χ4n) is 4.23. The van der Waals surface area contributed by atoms with Crippen LogP contribution in [0.1, 0.15) is 30.5 Å². The number of benzene rings is 2. The maximum absolute atomic E-state index is 13.2. The van der Waals surface area contributed by atoms with E-state index < -0.39 is 17.7 Å². The minimum absolute atomic E-state index is 0.0616. The molecule has 186 valence electrons. The highest BCUT2D eigenvalue weighted by molar-refractivity contribution is 6.46. The number of aromatic nitrogens is 2. The number of nitrogens with zero attached hydrogens (tertiary/aromatic N) is 3. The highest BCUT2D eigenvalue weighted by Gasteiger charge is 2.45. The Kier molecular flexibility index (Phi) is 7.85. The van der Waals surface area contributed by atoms with Gasteiger partial charge in [0.25, 0.3) is 11.7 Å². The van der Waals surface area contributed by atoms with Gasteiger partial charge in [0, 0.05) is 31.0 Å². The Morgan fingerprint density at radius 3 is 2.39 bits per heavy atom. The summed E-state index contributed by atoms with van der Waals surface area (Å²) in [5.74, 6) is -0.264. The Labute approximate surface area is 210 Å². The van der Waals surface area contributed by atoms with Crippen LogP contribution in [0.5, 0.6) is 11.5 Å². The molecule has 0 bridgehead atoms. The van der Waals surface area contributed by atoms with Crippen molar-refractivity contribution in [2.45, 2.75) is 25.9 Å². The van der Waals surface area contributed by atoms with Crippen LogP contribution in [0.4, 0.5) is 0 Å². The van der Waals surface area contributed by atoms with Gasteiger partial charge in [-0.25, -0.2) is 4.98 Å². The summed E-state index contributed by atoms with van der Waals surface area (Å²) in [6.07, 6.45) is 7.52. The van der Waals surface area contributed by atoms with Gasteiger partial charge < -0.3 is 24.0 Å². The van der Waals surface area contributed by atoms with Crippen LogP contribution in [0.15, 0.2) is 85.5 Å².